The van der Waals surface area contributed by atoms with Crippen molar-refractivity contribution in [3.63, 3.8) is 0 Å². The number of non-ortho nitro benzene ring substituents is 1. The lowest BCUT2D eigenvalue weighted by molar-refractivity contribution is -0.383. The number of aryl methyl sites for hydroxylation is 1. The van der Waals surface area contributed by atoms with Crippen LogP contribution in [0.5, 0.6) is 0 Å². The van der Waals surface area contributed by atoms with Crippen molar-refractivity contribution < 1.29 is 4.92 Å². The van der Waals surface area contributed by atoms with E-state index >= 15 is 0 Å². The van der Waals surface area contributed by atoms with Crippen molar-refractivity contribution in [2.45, 2.75) is 38.8 Å². The van der Waals surface area contributed by atoms with Gasteiger partial charge in [-0.05, 0) is 31.9 Å². The van der Waals surface area contributed by atoms with Crippen LogP contribution in [0.1, 0.15) is 37.5 Å². The molecule has 8 nitrogen and oxygen atoms in total. The van der Waals surface area contributed by atoms with Gasteiger partial charge < -0.3 is 9.88 Å². The molecule has 25 heavy (non-hydrogen) atoms. The molecule has 1 aromatic carbocycles. The highest BCUT2D eigenvalue weighted by Crippen LogP contribution is 2.32. The zero-order valence-electron chi connectivity index (χ0n) is 13.8. The number of benzene rings is 1. The summed E-state index contributed by atoms with van der Waals surface area (Å²) in [6.07, 6.45) is 6.42. The van der Waals surface area contributed by atoms with Gasteiger partial charge in [0.05, 0.1) is 16.4 Å². The second kappa shape index (κ2) is 6.12. The van der Waals surface area contributed by atoms with Crippen molar-refractivity contribution in [2.24, 2.45) is 0 Å². The highest BCUT2D eigenvalue weighted by molar-refractivity contribution is 5.99. The number of fused-ring (bicyclic) bond motifs is 2. The first kappa shape index (κ1) is 15.5. The standard InChI is InChI=1S/C17H18N6O2/c1-11(17-21-20-16-4-2-3-9-22(16)17)19-14-5-6-15(23(24)25)13-10-18-8-7-12(13)14/h5-8,10-11,19H,2-4,9H2,1H3. The molecule has 8 heteroatoms. The predicted molar refractivity (Wildman–Crippen MR) is 93.4 cm³/mol. The van der Waals surface area contributed by atoms with E-state index in [1.807, 2.05) is 6.92 Å². The fourth-order valence-electron chi connectivity index (χ4n) is 3.41. The van der Waals surface area contributed by atoms with Gasteiger partial charge in [0.2, 0.25) is 0 Å². The van der Waals surface area contributed by atoms with E-state index in [1.165, 1.54) is 12.3 Å². The van der Waals surface area contributed by atoms with Gasteiger partial charge in [-0.3, -0.25) is 15.1 Å². The van der Waals surface area contributed by atoms with Crippen molar-refractivity contribution in [1.82, 2.24) is 19.7 Å². The first-order valence-electron chi connectivity index (χ1n) is 8.35. The summed E-state index contributed by atoms with van der Waals surface area (Å²) < 4.78 is 2.18. The number of nitro benzene ring substituents is 1. The normalized spacial score (nSPS) is 14.9. The predicted octanol–water partition coefficient (Wildman–Crippen LogP) is 3.24. The summed E-state index contributed by atoms with van der Waals surface area (Å²) in [5.74, 6) is 1.93. The Labute approximate surface area is 144 Å². The molecule has 4 rings (SSSR count). The summed E-state index contributed by atoms with van der Waals surface area (Å²) in [4.78, 5) is 14.9. The lowest BCUT2D eigenvalue weighted by atomic mass is 10.1. The summed E-state index contributed by atoms with van der Waals surface area (Å²) >= 11 is 0. The molecule has 0 saturated heterocycles. The van der Waals surface area contributed by atoms with Crippen LogP contribution in [0.25, 0.3) is 10.8 Å². The molecule has 0 aliphatic carbocycles. The average molecular weight is 338 g/mol. The van der Waals surface area contributed by atoms with Gasteiger partial charge in [0.15, 0.2) is 5.82 Å². The molecule has 3 aromatic rings. The zero-order chi connectivity index (χ0) is 17.4. The number of hydrogen-bond acceptors (Lipinski definition) is 6. The maximum absolute atomic E-state index is 11.2. The lowest BCUT2D eigenvalue weighted by Gasteiger charge is -2.20. The Balaban J connectivity index is 1.70. The Hall–Kier alpha value is -3.03. The molecule has 3 heterocycles. The van der Waals surface area contributed by atoms with Crippen LogP contribution in [0.3, 0.4) is 0 Å². The minimum Gasteiger partial charge on any atom is -0.375 e. The van der Waals surface area contributed by atoms with E-state index in [2.05, 4.69) is 25.1 Å². The van der Waals surface area contributed by atoms with E-state index in [1.54, 1.807) is 18.3 Å². The van der Waals surface area contributed by atoms with Crippen molar-refractivity contribution in [2.75, 3.05) is 5.32 Å². The monoisotopic (exact) mass is 338 g/mol. The quantitative estimate of drug-likeness (QED) is 0.579. The highest BCUT2D eigenvalue weighted by Gasteiger charge is 2.21. The molecule has 0 bridgehead atoms. The number of nitrogens with zero attached hydrogens (tertiary/aromatic N) is 5. The maximum Gasteiger partial charge on any atom is 0.278 e. The van der Waals surface area contributed by atoms with Crippen molar-refractivity contribution in [3.05, 3.63) is 52.4 Å². The maximum atomic E-state index is 11.2. The van der Waals surface area contributed by atoms with Gasteiger partial charge in [-0.2, -0.15) is 0 Å². The molecule has 1 atom stereocenters. The molecular weight excluding hydrogens is 320 g/mol. The molecule has 1 N–H and O–H groups in total. The van der Waals surface area contributed by atoms with Crippen LogP contribution in [0.2, 0.25) is 0 Å². The van der Waals surface area contributed by atoms with Gasteiger partial charge >= 0.3 is 0 Å². The molecule has 0 amide bonds. The van der Waals surface area contributed by atoms with Crippen LogP contribution in [-0.4, -0.2) is 24.7 Å². The number of pyridine rings is 1. The fraction of sp³-hybridized carbons (Fsp3) is 0.353. The van der Waals surface area contributed by atoms with Crippen LogP contribution in [0.15, 0.2) is 30.6 Å². The molecule has 1 aliphatic rings. The van der Waals surface area contributed by atoms with Crippen LogP contribution in [0.4, 0.5) is 11.4 Å². The average Bonchev–Trinajstić information content (AvgIpc) is 3.06. The van der Waals surface area contributed by atoms with Crippen molar-refractivity contribution in [1.29, 1.82) is 0 Å². The number of anilines is 1. The Kier molecular flexibility index (Phi) is 3.79. The van der Waals surface area contributed by atoms with E-state index in [0.717, 1.165) is 48.5 Å². The smallest absolute Gasteiger partial charge is 0.278 e. The third-order valence-electron chi connectivity index (χ3n) is 4.64. The van der Waals surface area contributed by atoms with Crippen molar-refractivity contribution >= 4 is 22.1 Å². The summed E-state index contributed by atoms with van der Waals surface area (Å²) in [5.41, 5.74) is 0.879. The van der Waals surface area contributed by atoms with Gasteiger partial charge in [-0.1, -0.05) is 0 Å². The Morgan fingerprint density at radius 1 is 1.24 bits per heavy atom. The van der Waals surface area contributed by atoms with E-state index in [9.17, 15) is 10.1 Å². The van der Waals surface area contributed by atoms with Crippen molar-refractivity contribution in [3.8, 4) is 0 Å². The topological polar surface area (TPSA) is 98.8 Å². The van der Waals surface area contributed by atoms with Gasteiger partial charge in [0, 0.05) is 42.5 Å². The van der Waals surface area contributed by atoms with E-state index < -0.39 is 0 Å². The molecule has 1 aliphatic heterocycles. The fourth-order valence-corrected chi connectivity index (χ4v) is 3.41. The zero-order valence-corrected chi connectivity index (χ0v) is 13.8. The molecular formula is C17H18N6O2. The van der Waals surface area contributed by atoms with E-state index in [0.29, 0.717) is 5.39 Å². The van der Waals surface area contributed by atoms with Gasteiger partial charge in [0.1, 0.15) is 5.82 Å². The Morgan fingerprint density at radius 2 is 2.12 bits per heavy atom. The minimum absolute atomic E-state index is 0.0566. The van der Waals surface area contributed by atoms with Crippen LogP contribution in [0, 0.1) is 10.1 Å². The number of nitro groups is 1. The first-order chi connectivity index (χ1) is 12.1. The summed E-state index contributed by atoms with van der Waals surface area (Å²) in [5, 5.41) is 24.6. The minimum atomic E-state index is -0.383. The van der Waals surface area contributed by atoms with E-state index in [4.69, 9.17) is 0 Å². The molecule has 128 valence electrons. The number of hydrogen-bond donors (Lipinski definition) is 1. The highest BCUT2D eigenvalue weighted by atomic mass is 16.6. The van der Waals surface area contributed by atoms with Gasteiger partial charge in [-0.25, -0.2) is 0 Å². The van der Waals surface area contributed by atoms with Crippen LogP contribution >= 0.6 is 0 Å². The van der Waals surface area contributed by atoms with Gasteiger partial charge in [0.25, 0.3) is 5.69 Å². The SMILES string of the molecule is CC(Nc1ccc([N+](=O)[O-])c2cnccc12)c1nnc2n1CCCC2. The Morgan fingerprint density at radius 3 is 2.96 bits per heavy atom. The molecule has 2 aromatic heterocycles. The molecule has 0 fully saturated rings. The Bertz CT molecular complexity index is 951. The third-order valence-corrected chi connectivity index (χ3v) is 4.64. The number of nitrogens with one attached hydrogen (secondary N) is 1. The first-order valence-corrected chi connectivity index (χ1v) is 8.35. The van der Waals surface area contributed by atoms with E-state index in [-0.39, 0.29) is 16.7 Å². The summed E-state index contributed by atoms with van der Waals surface area (Å²) in [6.45, 7) is 2.97. The largest absolute Gasteiger partial charge is 0.375 e. The second-order valence-corrected chi connectivity index (χ2v) is 6.26. The lowest BCUT2D eigenvalue weighted by Crippen LogP contribution is -2.18. The molecule has 0 radical (unpaired) electrons. The second-order valence-electron chi connectivity index (χ2n) is 6.26. The third kappa shape index (κ3) is 2.69. The summed E-state index contributed by atoms with van der Waals surface area (Å²) in [6, 6.07) is 4.98. The van der Waals surface area contributed by atoms with Gasteiger partial charge in [-0.15, -0.1) is 10.2 Å². The number of rotatable bonds is 4. The van der Waals surface area contributed by atoms with Crippen LogP contribution in [-0.2, 0) is 13.0 Å². The summed E-state index contributed by atoms with van der Waals surface area (Å²) in [7, 11) is 0. The van der Waals surface area contributed by atoms with Crippen LogP contribution < -0.4 is 5.32 Å². The molecule has 0 spiro atoms. The number of aromatic nitrogens is 4. The molecule has 0 saturated carbocycles. The molecule has 1 unspecified atom stereocenters.